The third-order valence-corrected chi connectivity index (χ3v) is 6.05. The van der Waals surface area contributed by atoms with Crippen molar-refractivity contribution >= 4 is 0 Å². The minimum Gasteiger partial charge on any atom is -0.311 e. The van der Waals surface area contributed by atoms with Crippen molar-refractivity contribution < 1.29 is 0 Å². The zero-order chi connectivity index (χ0) is 16.6. The fourth-order valence-electron chi connectivity index (χ4n) is 4.24. The maximum atomic E-state index is 3.82. The van der Waals surface area contributed by atoms with Crippen LogP contribution in [0.2, 0.25) is 0 Å². The van der Waals surface area contributed by atoms with E-state index in [1.54, 1.807) is 11.1 Å². The van der Waals surface area contributed by atoms with Crippen LogP contribution >= 0.6 is 0 Å². The molecule has 0 atom stereocenters. The SMILES string of the molecule is CCCCCCCCc1ccc(C2CCC(NC3CC3)CC2)cc1. The predicted molar refractivity (Wildman–Crippen MR) is 105 cm³/mol. The van der Waals surface area contributed by atoms with Gasteiger partial charge in [-0.05, 0) is 68.4 Å². The normalized spacial score (nSPS) is 24.2. The fraction of sp³-hybridized carbons (Fsp3) is 0.739. The lowest BCUT2D eigenvalue weighted by Crippen LogP contribution is -2.34. The summed E-state index contributed by atoms with van der Waals surface area (Å²) in [5.41, 5.74) is 3.13. The molecular weight excluding hydrogens is 290 g/mol. The minimum absolute atomic E-state index is 0.806. The maximum Gasteiger partial charge on any atom is 0.00708 e. The van der Waals surface area contributed by atoms with Gasteiger partial charge in [0.15, 0.2) is 0 Å². The van der Waals surface area contributed by atoms with Crippen LogP contribution in [0.4, 0.5) is 0 Å². The van der Waals surface area contributed by atoms with Gasteiger partial charge in [-0.3, -0.25) is 0 Å². The average Bonchev–Trinajstić information content (AvgIpc) is 3.43. The van der Waals surface area contributed by atoms with E-state index >= 15 is 0 Å². The van der Waals surface area contributed by atoms with Crippen LogP contribution < -0.4 is 5.32 Å². The highest BCUT2D eigenvalue weighted by atomic mass is 15.0. The minimum atomic E-state index is 0.806. The first-order valence-corrected chi connectivity index (χ1v) is 10.7. The van der Waals surface area contributed by atoms with Crippen LogP contribution in [0.25, 0.3) is 0 Å². The van der Waals surface area contributed by atoms with Gasteiger partial charge in [0.05, 0.1) is 0 Å². The van der Waals surface area contributed by atoms with Crippen LogP contribution in [-0.4, -0.2) is 12.1 Å². The summed E-state index contributed by atoms with van der Waals surface area (Å²) in [5, 5.41) is 3.82. The number of aryl methyl sites for hydroxylation is 1. The van der Waals surface area contributed by atoms with Gasteiger partial charge in [-0.1, -0.05) is 63.3 Å². The molecule has 2 saturated carbocycles. The summed E-state index contributed by atoms with van der Waals surface area (Å²) >= 11 is 0. The Labute approximate surface area is 149 Å². The monoisotopic (exact) mass is 327 g/mol. The summed E-state index contributed by atoms with van der Waals surface area (Å²) in [5.74, 6) is 0.811. The van der Waals surface area contributed by atoms with Gasteiger partial charge in [0.2, 0.25) is 0 Å². The fourth-order valence-corrected chi connectivity index (χ4v) is 4.24. The molecule has 3 rings (SSSR count). The van der Waals surface area contributed by atoms with E-state index in [1.165, 1.54) is 83.5 Å². The summed E-state index contributed by atoms with van der Waals surface area (Å²) in [4.78, 5) is 0. The van der Waals surface area contributed by atoms with E-state index in [2.05, 4.69) is 36.5 Å². The van der Waals surface area contributed by atoms with Gasteiger partial charge in [-0.25, -0.2) is 0 Å². The van der Waals surface area contributed by atoms with Gasteiger partial charge in [0.1, 0.15) is 0 Å². The highest BCUT2D eigenvalue weighted by molar-refractivity contribution is 5.26. The smallest absolute Gasteiger partial charge is 0.00708 e. The van der Waals surface area contributed by atoms with Gasteiger partial charge in [0, 0.05) is 12.1 Å². The first kappa shape index (κ1) is 18.0. The Morgan fingerprint density at radius 3 is 1.96 bits per heavy atom. The van der Waals surface area contributed by atoms with E-state index in [4.69, 9.17) is 0 Å². The molecular formula is C23H37N. The third kappa shape index (κ3) is 5.92. The highest BCUT2D eigenvalue weighted by Crippen LogP contribution is 2.34. The largest absolute Gasteiger partial charge is 0.311 e. The summed E-state index contributed by atoms with van der Waals surface area (Å²) in [6, 6.07) is 11.3. The molecule has 0 spiro atoms. The molecule has 0 aliphatic heterocycles. The van der Waals surface area contributed by atoms with Crippen molar-refractivity contribution in [1.29, 1.82) is 0 Å². The molecule has 0 radical (unpaired) electrons. The molecule has 2 aliphatic rings. The molecule has 1 N–H and O–H groups in total. The predicted octanol–water partition coefficient (Wildman–Crippen LogP) is 6.37. The van der Waals surface area contributed by atoms with Crippen LogP contribution in [0.1, 0.15) is 101 Å². The molecule has 0 bridgehead atoms. The lowest BCUT2D eigenvalue weighted by molar-refractivity contribution is 0.341. The Hall–Kier alpha value is -0.820. The van der Waals surface area contributed by atoms with Gasteiger partial charge >= 0.3 is 0 Å². The molecule has 134 valence electrons. The maximum absolute atomic E-state index is 3.82. The number of unbranched alkanes of at least 4 members (excludes halogenated alkanes) is 5. The second-order valence-corrected chi connectivity index (χ2v) is 8.25. The molecule has 2 fully saturated rings. The van der Waals surface area contributed by atoms with E-state index < -0.39 is 0 Å². The molecule has 1 nitrogen and oxygen atoms in total. The molecule has 1 aromatic rings. The Morgan fingerprint density at radius 2 is 1.33 bits per heavy atom. The first-order chi connectivity index (χ1) is 11.8. The number of hydrogen-bond acceptors (Lipinski definition) is 1. The molecule has 0 saturated heterocycles. The van der Waals surface area contributed by atoms with Crippen LogP contribution in [-0.2, 0) is 6.42 Å². The van der Waals surface area contributed by atoms with Crippen LogP contribution in [0, 0.1) is 0 Å². The Morgan fingerprint density at radius 1 is 0.750 bits per heavy atom. The van der Waals surface area contributed by atoms with Gasteiger partial charge in [-0.15, -0.1) is 0 Å². The van der Waals surface area contributed by atoms with E-state index in [9.17, 15) is 0 Å². The third-order valence-electron chi connectivity index (χ3n) is 6.05. The van der Waals surface area contributed by atoms with Gasteiger partial charge < -0.3 is 5.32 Å². The van der Waals surface area contributed by atoms with E-state index in [1.807, 2.05) is 0 Å². The summed E-state index contributed by atoms with van der Waals surface area (Å²) < 4.78 is 0. The zero-order valence-electron chi connectivity index (χ0n) is 15.7. The van der Waals surface area contributed by atoms with Crippen molar-refractivity contribution in [2.45, 2.75) is 108 Å². The van der Waals surface area contributed by atoms with Crippen molar-refractivity contribution in [1.82, 2.24) is 5.32 Å². The number of rotatable bonds is 10. The second kappa shape index (κ2) is 9.61. The van der Waals surface area contributed by atoms with E-state index in [0.717, 1.165) is 18.0 Å². The molecule has 0 amide bonds. The van der Waals surface area contributed by atoms with Gasteiger partial charge in [-0.2, -0.15) is 0 Å². The van der Waals surface area contributed by atoms with E-state index in [-0.39, 0.29) is 0 Å². The Kier molecular flexibility index (Phi) is 7.20. The lowest BCUT2D eigenvalue weighted by Gasteiger charge is -2.29. The van der Waals surface area contributed by atoms with Crippen molar-refractivity contribution in [2.24, 2.45) is 0 Å². The van der Waals surface area contributed by atoms with Crippen molar-refractivity contribution in [2.75, 3.05) is 0 Å². The van der Waals surface area contributed by atoms with Crippen molar-refractivity contribution in [3.05, 3.63) is 35.4 Å². The summed E-state index contributed by atoms with van der Waals surface area (Å²) in [6.07, 6.45) is 18.0. The molecule has 24 heavy (non-hydrogen) atoms. The standard InChI is InChI=1S/C23H37N/c1-2-3-4-5-6-7-8-19-9-11-20(12-10-19)21-13-15-22(16-14-21)24-23-17-18-23/h9-12,21-24H,2-8,13-18H2,1H3. The van der Waals surface area contributed by atoms with Gasteiger partial charge in [0.25, 0.3) is 0 Å². The van der Waals surface area contributed by atoms with Crippen LogP contribution in [0.5, 0.6) is 0 Å². The molecule has 1 aromatic carbocycles. The Balaban J connectivity index is 1.35. The second-order valence-electron chi connectivity index (χ2n) is 8.25. The Bertz CT molecular complexity index is 451. The van der Waals surface area contributed by atoms with Crippen LogP contribution in [0.15, 0.2) is 24.3 Å². The highest BCUT2D eigenvalue weighted by Gasteiger charge is 2.28. The molecule has 0 unspecified atom stereocenters. The molecule has 2 aliphatic carbocycles. The summed E-state index contributed by atoms with van der Waals surface area (Å²) in [7, 11) is 0. The molecule has 0 aromatic heterocycles. The number of benzene rings is 1. The van der Waals surface area contributed by atoms with E-state index in [0.29, 0.717) is 0 Å². The zero-order valence-corrected chi connectivity index (χ0v) is 15.7. The van der Waals surface area contributed by atoms with Crippen molar-refractivity contribution in [3.63, 3.8) is 0 Å². The van der Waals surface area contributed by atoms with Crippen LogP contribution in [0.3, 0.4) is 0 Å². The average molecular weight is 328 g/mol. The quantitative estimate of drug-likeness (QED) is 0.492. The summed E-state index contributed by atoms with van der Waals surface area (Å²) in [6.45, 7) is 2.29. The number of nitrogens with one attached hydrogen (secondary N) is 1. The van der Waals surface area contributed by atoms with Crippen molar-refractivity contribution in [3.8, 4) is 0 Å². The topological polar surface area (TPSA) is 12.0 Å². The first-order valence-electron chi connectivity index (χ1n) is 10.7. The molecule has 1 heteroatoms. The lowest BCUT2D eigenvalue weighted by atomic mass is 9.81. The molecule has 0 heterocycles. The number of hydrogen-bond donors (Lipinski definition) is 1.